The summed E-state index contributed by atoms with van der Waals surface area (Å²) in [6, 6.07) is 9.28. The number of hydrogen-bond donors (Lipinski definition) is 1. The second-order valence-corrected chi connectivity index (χ2v) is 4.44. The van der Waals surface area contributed by atoms with Crippen LogP contribution in [0.3, 0.4) is 0 Å². The number of carbonyl (C=O) groups excluding carboxylic acids is 1. The number of aromatic nitrogens is 2. The molecule has 0 fully saturated rings. The van der Waals surface area contributed by atoms with E-state index in [2.05, 4.69) is 5.10 Å². The van der Waals surface area contributed by atoms with Crippen molar-refractivity contribution in [2.75, 3.05) is 12.3 Å². The Morgan fingerprint density at radius 1 is 1.32 bits per heavy atom. The number of nitrogens with two attached hydrogens (primary N) is 1. The van der Waals surface area contributed by atoms with Crippen molar-refractivity contribution in [3.8, 4) is 0 Å². The van der Waals surface area contributed by atoms with Crippen LogP contribution in [-0.4, -0.2) is 27.1 Å². The third kappa shape index (κ3) is 3.13. The standard InChI is InChI=1S/C14H18N4O/c1-3-18(10-11-4-6-12(15)7-5-11)14(19)13-8-9-17(2)16-13/h4-9H,3,10,15H2,1-2H3. The predicted octanol–water partition coefficient (Wildman–Crippen LogP) is 1.66. The zero-order valence-electron chi connectivity index (χ0n) is 11.2. The van der Waals surface area contributed by atoms with Gasteiger partial charge in [0.05, 0.1) is 0 Å². The highest BCUT2D eigenvalue weighted by Gasteiger charge is 2.16. The summed E-state index contributed by atoms with van der Waals surface area (Å²) >= 11 is 0. The van der Waals surface area contributed by atoms with Crippen molar-refractivity contribution in [1.82, 2.24) is 14.7 Å². The maximum Gasteiger partial charge on any atom is 0.274 e. The summed E-state index contributed by atoms with van der Waals surface area (Å²) in [6.45, 7) is 3.16. The first-order valence-electron chi connectivity index (χ1n) is 6.23. The van der Waals surface area contributed by atoms with Crippen LogP contribution in [-0.2, 0) is 13.6 Å². The van der Waals surface area contributed by atoms with Crippen LogP contribution in [0.2, 0.25) is 0 Å². The van der Waals surface area contributed by atoms with E-state index in [4.69, 9.17) is 5.73 Å². The highest BCUT2D eigenvalue weighted by Crippen LogP contribution is 2.11. The van der Waals surface area contributed by atoms with Gasteiger partial charge in [-0.15, -0.1) is 0 Å². The fourth-order valence-electron chi connectivity index (χ4n) is 1.86. The van der Waals surface area contributed by atoms with Gasteiger partial charge < -0.3 is 10.6 Å². The van der Waals surface area contributed by atoms with Crippen molar-refractivity contribution in [2.45, 2.75) is 13.5 Å². The van der Waals surface area contributed by atoms with Crippen LogP contribution in [0, 0.1) is 0 Å². The maximum atomic E-state index is 12.3. The molecule has 0 aliphatic carbocycles. The van der Waals surface area contributed by atoms with Crippen LogP contribution in [0.1, 0.15) is 23.0 Å². The third-order valence-corrected chi connectivity index (χ3v) is 2.95. The largest absolute Gasteiger partial charge is 0.399 e. The number of anilines is 1. The Morgan fingerprint density at radius 3 is 2.53 bits per heavy atom. The number of nitrogens with zero attached hydrogens (tertiary/aromatic N) is 3. The summed E-state index contributed by atoms with van der Waals surface area (Å²) in [5, 5.41) is 4.14. The average Bonchev–Trinajstić information content (AvgIpc) is 2.84. The Labute approximate surface area is 112 Å². The van der Waals surface area contributed by atoms with Gasteiger partial charge in [-0.05, 0) is 30.7 Å². The Balaban J connectivity index is 2.11. The van der Waals surface area contributed by atoms with Crippen LogP contribution in [0.25, 0.3) is 0 Å². The Kier molecular flexibility index (Phi) is 3.85. The molecule has 5 heteroatoms. The van der Waals surface area contributed by atoms with E-state index in [0.717, 1.165) is 11.3 Å². The van der Waals surface area contributed by atoms with Crippen molar-refractivity contribution in [2.24, 2.45) is 7.05 Å². The lowest BCUT2D eigenvalue weighted by Gasteiger charge is -2.20. The molecule has 0 bridgehead atoms. The highest BCUT2D eigenvalue weighted by atomic mass is 16.2. The Morgan fingerprint density at radius 2 is 2.00 bits per heavy atom. The van der Waals surface area contributed by atoms with Gasteiger partial charge in [0.15, 0.2) is 0 Å². The van der Waals surface area contributed by atoms with E-state index in [9.17, 15) is 4.79 Å². The van der Waals surface area contributed by atoms with Gasteiger partial charge in [0.2, 0.25) is 0 Å². The molecule has 0 saturated carbocycles. The first-order chi connectivity index (χ1) is 9.10. The van der Waals surface area contributed by atoms with Gasteiger partial charge in [0, 0.05) is 32.0 Å². The van der Waals surface area contributed by atoms with E-state index < -0.39 is 0 Å². The molecule has 0 radical (unpaired) electrons. The van der Waals surface area contributed by atoms with Gasteiger partial charge >= 0.3 is 0 Å². The fraction of sp³-hybridized carbons (Fsp3) is 0.286. The normalized spacial score (nSPS) is 10.4. The van der Waals surface area contributed by atoms with Gasteiger partial charge in [-0.25, -0.2) is 0 Å². The lowest BCUT2D eigenvalue weighted by atomic mass is 10.2. The molecule has 1 heterocycles. The van der Waals surface area contributed by atoms with Crippen molar-refractivity contribution in [1.29, 1.82) is 0 Å². The number of carbonyl (C=O) groups is 1. The zero-order chi connectivity index (χ0) is 13.8. The van der Waals surface area contributed by atoms with Gasteiger partial charge in [0.1, 0.15) is 5.69 Å². The minimum absolute atomic E-state index is 0.0556. The van der Waals surface area contributed by atoms with Crippen molar-refractivity contribution < 1.29 is 4.79 Å². The molecule has 0 aliphatic rings. The molecule has 2 rings (SSSR count). The highest BCUT2D eigenvalue weighted by molar-refractivity contribution is 5.92. The first-order valence-corrected chi connectivity index (χ1v) is 6.23. The molecule has 1 aromatic carbocycles. The molecule has 0 atom stereocenters. The molecule has 19 heavy (non-hydrogen) atoms. The minimum atomic E-state index is -0.0556. The summed E-state index contributed by atoms with van der Waals surface area (Å²) in [7, 11) is 1.80. The molecular weight excluding hydrogens is 240 g/mol. The smallest absolute Gasteiger partial charge is 0.274 e. The third-order valence-electron chi connectivity index (χ3n) is 2.95. The summed E-state index contributed by atoms with van der Waals surface area (Å²) in [6.07, 6.45) is 1.77. The summed E-state index contributed by atoms with van der Waals surface area (Å²) in [4.78, 5) is 14.0. The van der Waals surface area contributed by atoms with E-state index in [1.54, 1.807) is 28.9 Å². The first kappa shape index (κ1) is 13.1. The molecule has 0 aliphatic heterocycles. The molecule has 5 nitrogen and oxygen atoms in total. The maximum absolute atomic E-state index is 12.3. The molecule has 2 aromatic rings. The van der Waals surface area contributed by atoms with Gasteiger partial charge in [-0.2, -0.15) is 5.10 Å². The summed E-state index contributed by atoms with van der Waals surface area (Å²) in [5.74, 6) is -0.0556. The monoisotopic (exact) mass is 258 g/mol. The number of rotatable bonds is 4. The number of benzene rings is 1. The van der Waals surface area contributed by atoms with Crippen LogP contribution < -0.4 is 5.73 Å². The van der Waals surface area contributed by atoms with Crippen LogP contribution in [0.15, 0.2) is 36.5 Å². The number of aryl methyl sites for hydroxylation is 1. The van der Waals surface area contributed by atoms with Crippen molar-refractivity contribution >= 4 is 11.6 Å². The minimum Gasteiger partial charge on any atom is -0.399 e. The lowest BCUT2D eigenvalue weighted by molar-refractivity contribution is 0.0746. The lowest BCUT2D eigenvalue weighted by Crippen LogP contribution is -2.30. The topological polar surface area (TPSA) is 64.2 Å². The Bertz CT molecular complexity index is 559. The molecular formula is C14H18N4O. The quantitative estimate of drug-likeness (QED) is 0.848. The van der Waals surface area contributed by atoms with Crippen molar-refractivity contribution in [3.63, 3.8) is 0 Å². The Hall–Kier alpha value is -2.30. The molecule has 0 saturated heterocycles. The number of amides is 1. The molecule has 100 valence electrons. The van der Waals surface area contributed by atoms with E-state index in [1.807, 2.05) is 31.2 Å². The van der Waals surface area contributed by atoms with Crippen molar-refractivity contribution in [3.05, 3.63) is 47.8 Å². The van der Waals surface area contributed by atoms with Gasteiger partial charge in [-0.1, -0.05) is 12.1 Å². The molecule has 1 aromatic heterocycles. The SMILES string of the molecule is CCN(Cc1ccc(N)cc1)C(=O)c1ccn(C)n1. The average molecular weight is 258 g/mol. The number of hydrogen-bond acceptors (Lipinski definition) is 3. The van der Waals surface area contributed by atoms with Crippen LogP contribution in [0.4, 0.5) is 5.69 Å². The molecule has 1 amide bonds. The molecule has 0 unspecified atom stereocenters. The summed E-state index contributed by atoms with van der Waals surface area (Å²) < 4.78 is 1.63. The van der Waals surface area contributed by atoms with Crippen LogP contribution in [0.5, 0.6) is 0 Å². The fourth-order valence-corrected chi connectivity index (χ4v) is 1.86. The van der Waals surface area contributed by atoms with Gasteiger partial charge in [-0.3, -0.25) is 9.48 Å². The van der Waals surface area contributed by atoms with E-state index in [1.165, 1.54) is 0 Å². The van der Waals surface area contributed by atoms with E-state index in [-0.39, 0.29) is 5.91 Å². The van der Waals surface area contributed by atoms with Gasteiger partial charge in [0.25, 0.3) is 5.91 Å². The van der Waals surface area contributed by atoms with E-state index in [0.29, 0.717) is 18.8 Å². The predicted molar refractivity (Wildman–Crippen MR) is 74.5 cm³/mol. The van der Waals surface area contributed by atoms with Crippen LogP contribution >= 0.6 is 0 Å². The molecule has 2 N–H and O–H groups in total. The second-order valence-electron chi connectivity index (χ2n) is 4.44. The summed E-state index contributed by atoms with van der Waals surface area (Å²) in [5.41, 5.74) is 7.90. The zero-order valence-corrected chi connectivity index (χ0v) is 11.2. The molecule has 0 spiro atoms. The van der Waals surface area contributed by atoms with E-state index >= 15 is 0 Å². The number of nitrogen functional groups attached to an aromatic ring is 1. The second kappa shape index (κ2) is 5.56.